The second-order valence-corrected chi connectivity index (χ2v) is 4.20. The van der Waals surface area contributed by atoms with Gasteiger partial charge in [0.1, 0.15) is 0 Å². The molecule has 0 spiro atoms. The molecule has 16 heavy (non-hydrogen) atoms. The largest absolute Gasteiger partial charge is 0.466 e. The van der Waals surface area contributed by atoms with Gasteiger partial charge >= 0.3 is 5.97 Å². The van der Waals surface area contributed by atoms with Gasteiger partial charge in [0.15, 0.2) is 0 Å². The molecule has 0 aromatic heterocycles. The van der Waals surface area contributed by atoms with Crippen LogP contribution in [0.3, 0.4) is 0 Å². The van der Waals surface area contributed by atoms with Gasteiger partial charge in [0.2, 0.25) is 5.24 Å². The minimum atomic E-state index is -0.248. The Hall–Kier alpha value is -0.570. The molecule has 0 aliphatic heterocycles. The number of esters is 1. The molecule has 4 heteroatoms. The van der Waals surface area contributed by atoms with Gasteiger partial charge in [-0.1, -0.05) is 25.7 Å². The number of carbonyl (C=O) groups excluding carboxylic acids is 2. The number of hydrogen-bond acceptors (Lipinski definition) is 3. The molecule has 0 amide bonds. The van der Waals surface area contributed by atoms with Gasteiger partial charge in [0.05, 0.1) is 6.61 Å². The van der Waals surface area contributed by atoms with Crippen LogP contribution in [0.25, 0.3) is 0 Å². The van der Waals surface area contributed by atoms with E-state index in [0.717, 1.165) is 38.5 Å². The molecule has 0 aliphatic carbocycles. The highest BCUT2D eigenvalue weighted by Crippen LogP contribution is 2.09. The van der Waals surface area contributed by atoms with Crippen LogP contribution in [0.15, 0.2) is 0 Å². The smallest absolute Gasteiger partial charge is 0.305 e. The second kappa shape index (κ2) is 10.9. The molecule has 0 aliphatic rings. The fourth-order valence-electron chi connectivity index (χ4n) is 1.47. The van der Waals surface area contributed by atoms with Crippen LogP contribution < -0.4 is 0 Å². The third-order valence-electron chi connectivity index (χ3n) is 2.31. The lowest BCUT2D eigenvalue weighted by Gasteiger charge is -2.02. The molecule has 3 nitrogen and oxygen atoms in total. The predicted octanol–water partition coefficient (Wildman–Crippen LogP) is 3.44. The highest BCUT2D eigenvalue weighted by Gasteiger charge is 2.00. The van der Waals surface area contributed by atoms with E-state index in [1.54, 1.807) is 0 Å². The molecule has 0 bridgehead atoms. The van der Waals surface area contributed by atoms with Crippen molar-refractivity contribution in [2.45, 2.75) is 58.3 Å². The lowest BCUT2D eigenvalue weighted by molar-refractivity contribution is -0.143. The van der Waals surface area contributed by atoms with E-state index in [9.17, 15) is 9.59 Å². The van der Waals surface area contributed by atoms with E-state index in [0.29, 0.717) is 19.4 Å². The molecule has 0 aromatic carbocycles. The van der Waals surface area contributed by atoms with Gasteiger partial charge in [-0.05, 0) is 31.4 Å². The zero-order valence-corrected chi connectivity index (χ0v) is 10.7. The summed E-state index contributed by atoms with van der Waals surface area (Å²) in [5.41, 5.74) is 0. The molecule has 94 valence electrons. The van der Waals surface area contributed by atoms with Gasteiger partial charge in [-0.25, -0.2) is 0 Å². The van der Waals surface area contributed by atoms with E-state index < -0.39 is 0 Å². The maximum Gasteiger partial charge on any atom is 0.305 e. The summed E-state index contributed by atoms with van der Waals surface area (Å²) in [7, 11) is 0. The monoisotopic (exact) mass is 248 g/mol. The van der Waals surface area contributed by atoms with Gasteiger partial charge in [-0.3, -0.25) is 9.59 Å². The van der Waals surface area contributed by atoms with Gasteiger partial charge in [-0.15, -0.1) is 0 Å². The Labute approximate surface area is 102 Å². The second-order valence-electron chi connectivity index (χ2n) is 3.78. The molecule has 0 N–H and O–H groups in total. The van der Waals surface area contributed by atoms with Crippen molar-refractivity contribution in [3.8, 4) is 0 Å². The summed E-state index contributed by atoms with van der Waals surface area (Å²) in [6, 6.07) is 0. The fourth-order valence-corrected chi connectivity index (χ4v) is 1.61. The Kier molecular flexibility index (Phi) is 10.5. The molecule has 0 saturated heterocycles. The van der Waals surface area contributed by atoms with Gasteiger partial charge < -0.3 is 4.74 Å². The van der Waals surface area contributed by atoms with Crippen LogP contribution in [-0.4, -0.2) is 17.8 Å². The summed E-state index contributed by atoms with van der Waals surface area (Å²) in [6.45, 7) is 2.28. The number of ether oxygens (including phenoxy) is 1. The fraction of sp³-hybridized carbons (Fsp3) is 0.833. The van der Waals surface area contributed by atoms with E-state index in [4.69, 9.17) is 16.3 Å². The van der Waals surface area contributed by atoms with Crippen LogP contribution in [0.1, 0.15) is 58.3 Å². The SMILES string of the molecule is CCOC(=O)CCCCCCCCC(=O)Cl. The summed E-state index contributed by atoms with van der Waals surface area (Å²) >= 11 is 5.21. The number of halogens is 1. The number of carbonyl (C=O) groups is 2. The van der Waals surface area contributed by atoms with Crippen LogP contribution in [0.2, 0.25) is 0 Å². The van der Waals surface area contributed by atoms with Crippen molar-refractivity contribution in [1.82, 2.24) is 0 Å². The number of hydrogen-bond donors (Lipinski definition) is 0. The highest BCUT2D eigenvalue weighted by atomic mass is 35.5. The Morgan fingerprint density at radius 2 is 1.44 bits per heavy atom. The Morgan fingerprint density at radius 1 is 0.938 bits per heavy atom. The quantitative estimate of drug-likeness (QED) is 0.338. The topological polar surface area (TPSA) is 43.4 Å². The normalized spacial score (nSPS) is 10.1. The van der Waals surface area contributed by atoms with Crippen LogP contribution in [0.5, 0.6) is 0 Å². The van der Waals surface area contributed by atoms with Crippen molar-refractivity contribution in [1.29, 1.82) is 0 Å². The standard InChI is InChI=1S/C12H21ClO3/c1-2-16-12(15)10-8-6-4-3-5-7-9-11(13)14/h2-10H2,1H3. The van der Waals surface area contributed by atoms with Crippen molar-refractivity contribution >= 4 is 22.8 Å². The van der Waals surface area contributed by atoms with Gasteiger partial charge in [-0.2, -0.15) is 0 Å². The summed E-state index contributed by atoms with van der Waals surface area (Å²) in [5.74, 6) is -0.102. The third-order valence-corrected chi connectivity index (χ3v) is 2.50. The maximum atomic E-state index is 11.0. The van der Waals surface area contributed by atoms with Crippen molar-refractivity contribution in [3.05, 3.63) is 0 Å². The lowest BCUT2D eigenvalue weighted by Crippen LogP contribution is -2.03. The average molecular weight is 249 g/mol. The zero-order chi connectivity index (χ0) is 12.2. The molecular formula is C12H21ClO3. The van der Waals surface area contributed by atoms with Crippen LogP contribution in [0.4, 0.5) is 0 Å². The van der Waals surface area contributed by atoms with Gasteiger partial charge in [0, 0.05) is 12.8 Å². The highest BCUT2D eigenvalue weighted by molar-refractivity contribution is 6.63. The van der Waals surface area contributed by atoms with E-state index >= 15 is 0 Å². The first-order chi connectivity index (χ1) is 7.66. The molecule has 0 unspecified atom stereocenters. The van der Waals surface area contributed by atoms with E-state index in [1.807, 2.05) is 6.92 Å². The average Bonchev–Trinajstić information content (AvgIpc) is 2.22. The van der Waals surface area contributed by atoms with Crippen molar-refractivity contribution in [2.75, 3.05) is 6.61 Å². The summed E-state index contributed by atoms with van der Waals surface area (Å²) in [5, 5.41) is -0.248. The molecule has 0 radical (unpaired) electrons. The molecule has 0 rings (SSSR count). The van der Waals surface area contributed by atoms with E-state index in [1.165, 1.54) is 0 Å². The minimum absolute atomic E-state index is 0.102. The predicted molar refractivity (Wildman–Crippen MR) is 64.4 cm³/mol. The molecule has 0 heterocycles. The lowest BCUT2D eigenvalue weighted by atomic mass is 10.1. The van der Waals surface area contributed by atoms with Crippen LogP contribution >= 0.6 is 11.6 Å². The van der Waals surface area contributed by atoms with Crippen LogP contribution in [0, 0.1) is 0 Å². The molecular weight excluding hydrogens is 228 g/mol. The summed E-state index contributed by atoms with van der Waals surface area (Å²) in [6.07, 6.45) is 7.07. The third kappa shape index (κ3) is 11.5. The first-order valence-electron chi connectivity index (χ1n) is 6.00. The number of rotatable bonds is 10. The van der Waals surface area contributed by atoms with E-state index in [2.05, 4.69) is 0 Å². The van der Waals surface area contributed by atoms with E-state index in [-0.39, 0.29) is 11.2 Å². The molecule has 0 saturated carbocycles. The van der Waals surface area contributed by atoms with Crippen molar-refractivity contribution < 1.29 is 14.3 Å². The Balaban J connectivity index is 3.09. The zero-order valence-electron chi connectivity index (χ0n) is 9.97. The molecule has 0 atom stereocenters. The maximum absolute atomic E-state index is 11.0. The summed E-state index contributed by atoms with van der Waals surface area (Å²) in [4.78, 5) is 21.4. The molecule has 0 fully saturated rings. The van der Waals surface area contributed by atoms with Gasteiger partial charge in [0.25, 0.3) is 0 Å². The van der Waals surface area contributed by atoms with Crippen LogP contribution in [-0.2, 0) is 14.3 Å². The minimum Gasteiger partial charge on any atom is -0.466 e. The molecule has 0 aromatic rings. The first kappa shape index (κ1) is 15.4. The number of unbranched alkanes of at least 4 members (excludes halogenated alkanes) is 5. The Morgan fingerprint density at radius 3 is 1.94 bits per heavy atom. The Bertz CT molecular complexity index is 204. The first-order valence-corrected chi connectivity index (χ1v) is 6.38. The van der Waals surface area contributed by atoms with Crippen molar-refractivity contribution in [3.63, 3.8) is 0 Å². The summed E-state index contributed by atoms with van der Waals surface area (Å²) < 4.78 is 4.82. The van der Waals surface area contributed by atoms with Crippen molar-refractivity contribution in [2.24, 2.45) is 0 Å².